The number of halogens is 1. The Morgan fingerprint density at radius 2 is 1.94 bits per heavy atom. The zero-order valence-electron chi connectivity index (χ0n) is 18.4. The number of aliphatic imine (C=N–C) groups is 2. The van der Waals surface area contributed by atoms with Crippen LogP contribution in [0.15, 0.2) is 38.9 Å². The Bertz CT molecular complexity index is 970. The molecule has 2 atom stereocenters. The Hall–Kier alpha value is -2.26. The van der Waals surface area contributed by atoms with Crippen molar-refractivity contribution in [3.8, 4) is 0 Å². The largest absolute Gasteiger partial charge is 0.380 e. The van der Waals surface area contributed by atoms with E-state index in [2.05, 4.69) is 45.7 Å². The lowest BCUT2D eigenvalue weighted by Gasteiger charge is -2.37. The number of hydrogen-bond donors (Lipinski definition) is 2. The molecule has 2 aliphatic carbocycles. The number of rotatable bonds is 9. The highest BCUT2D eigenvalue weighted by atomic mass is 32.2. The third-order valence-corrected chi connectivity index (χ3v) is 7.30. The van der Waals surface area contributed by atoms with Crippen molar-refractivity contribution in [2.45, 2.75) is 61.4 Å². The second-order valence-electron chi connectivity index (χ2n) is 8.43. The van der Waals surface area contributed by atoms with Crippen LogP contribution in [-0.4, -0.2) is 59.5 Å². The summed E-state index contributed by atoms with van der Waals surface area (Å²) >= 11 is 0. The zero-order chi connectivity index (χ0) is 22.6. The summed E-state index contributed by atoms with van der Waals surface area (Å²) in [5.41, 5.74) is 1.56. The molecule has 0 amide bonds. The van der Waals surface area contributed by atoms with Gasteiger partial charge in [0.25, 0.3) is 10.0 Å². The van der Waals surface area contributed by atoms with Gasteiger partial charge >= 0.3 is 0 Å². The number of benzene rings is 1. The van der Waals surface area contributed by atoms with Crippen LogP contribution in [0.2, 0.25) is 0 Å². The van der Waals surface area contributed by atoms with Crippen molar-refractivity contribution >= 4 is 28.6 Å². The fourth-order valence-electron chi connectivity index (χ4n) is 4.19. The van der Waals surface area contributed by atoms with Crippen LogP contribution in [-0.2, 0) is 10.0 Å². The van der Waals surface area contributed by atoms with E-state index in [0.29, 0.717) is 11.7 Å². The van der Waals surface area contributed by atoms with E-state index >= 15 is 4.39 Å². The molecule has 0 radical (unpaired) electrons. The number of nitrogens with one attached hydrogen (secondary N) is 2. The first kappa shape index (κ1) is 23.4. The van der Waals surface area contributed by atoms with Crippen molar-refractivity contribution in [3.05, 3.63) is 35.4 Å². The first-order valence-electron chi connectivity index (χ1n) is 10.6. The van der Waals surface area contributed by atoms with E-state index in [-0.39, 0.29) is 22.7 Å². The van der Waals surface area contributed by atoms with E-state index in [0.717, 1.165) is 37.7 Å². The van der Waals surface area contributed by atoms with E-state index < -0.39 is 15.8 Å². The van der Waals surface area contributed by atoms with E-state index in [4.69, 9.17) is 0 Å². The topological polar surface area (TPSA) is 86.2 Å². The van der Waals surface area contributed by atoms with Crippen LogP contribution >= 0.6 is 0 Å². The minimum absolute atomic E-state index is 0.0174. The normalized spacial score (nSPS) is 22.7. The Balaban J connectivity index is 1.93. The van der Waals surface area contributed by atoms with Crippen LogP contribution in [0.4, 0.5) is 10.1 Å². The summed E-state index contributed by atoms with van der Waals surface area (Å²) < 4.78 is 43.1. The van der Waals surface area contributed by atoms with Gasteiger partial charge in [-0.3, -0.25) is 9.71 Å². The predicted octanol–water partition coefficient (Wildman–Crippen LogP) is 3.51. The molecular formula is C22H32FN5O2S. The van der Waals surface area contributed by atoms with Gasteiger partial charge in [0.15, 0.2) is 0 Å². The molecule has 0 saturated heterocycles. The molecule has 1 aromatic rings. The number of hydrogen-bond acceptors (Lipinski definition) is 6. The highest BCUT2D eigenvalue weighted by Crippen LogP contribution is 2.45. The fourth-order valence-corrected chi connectivity index (χ4v) is 5.30. The lowest BCUT2D eigenvalue weighted by atomic mass is 9.89. The molecule has 2 saturated carbocycles. The van der Waals surface area contributed by atoms with Gasteiger partial charge in [-0.15, -0.1) is 0 Å². The Labute approximate surface area is 184 Å². The van der Waals surface area contributed by atoms with E-state index in [1.165, 1.54) is 30.8 Å². The van der Waals surface area contributed by atoms with Crippen LogP contribution in [0.1, 0.15) is 50.0 Å². The third-order valence-electron chi connectivity index (χ3n) is 5.94. The molecule has 0 aliphatic heterocycles. The minimum atomic E-state index is -4.16. The highest BCUT2D eigenvalue weighted by Gasteiger charge is 2.33. The van der Waals surface area contributed by atoms with Gasteiger partial charge in [0.2, 0.25) is 0 Å². The summed E-state index contributed by atoms with van der Waals surface area (Å²) in [4.78, 5) is 9.24. The molecular weight excluding hydrogens is 417 g/mol. The van der Waals surface area contributed by atoms with E-state index in [9.17, 15) is 8.42 Å². The zero-order valence-corrected chi connectivity index (χ0v) is 19.3. The Morgan fingerprint density at radius 3 is 2.55 bits per heavy atom. The van der Waals surface area contributed by atoms with Gasteiger partial charge < -0.3 is 10.2 Å². The number of allylic oxidation sites excluding steroid dienone is 1. The van der Waals surface area contributed by atoms with Crippen molar-refractivity contribution in [1.82, 2.24) is 9.62 Å². The maximum Gasteiger partial charge on any atom is 0.265 e. The molecule has 170 valence electrons. The van der Waals surface area contributed by atoms with Crippen molar-refractivity contribution in [2.24, 2.45) is 9.98 Å². The fraction of sp³-hybridized carbons (Fsp3) is 0.545. The van der Waals surface area contributed by atoms with Crippen LogP contribution in [0.3, 0.4) is 0 Å². The first-order valence-corrected chi connectivity index (χ1v) is 12.1. The third kappa shape index (κ3) is 5.71. The van der Waals surface area contributed by atoms with E-state index in [1.807, 2.05) is 0 Å². The average molecular weight is 450 g/mol. The number of likely N-dealkylation sites (N-methyl/N-ethyl adjacent to an activating group) is 1. The van der Waals surface area contributed by atoms with Gasteiger partial charge in [-0.2, -0.15) is 0 Å². The minimum Gasteiger partial charge on any atom is -0.380 e. The summed E-state index contributed by atoms with van der Waals surface area (Å²) in [6, 6.07) is 3.37. The SMILES string of the molecule is C=N/C(=C\C=NC)NS(=O)(=O)c1cc(C2CC2)c(N[C@H]2CCCC[C@@H]2N(C)C)cc1F. The quantitative estimate of drug-likeness (QED) is 0.565. The Kier molecular flexibility index (Phi) is 7.48. The smallest absolute Gasteiger partial charge is 0.265 e. The first-order chi connectivity index (χ1) is 14.8. The molecule has 2 fully saturated rings. The Morgan fingerprint density at radius 1 is 1.23 bits per heavy atom. The van der Waals surface area contributed by atoms with Gasteiger partial charge in [-0.1, -0.05) is 12.8 Å². The molecule has 0 spiro atoms. The van der Waals surface area contributed by atoms with Crippen LogP contribution < -0.4 is 10.0 Å². The maximum absolute atomic E-state index is 15.1. The standard InChI is InChI=1S/C22H32FN5O2S/c1-24-12-11-22(25-2)27-31(29,30)21-13-16(15-9-10-15)19(14-17(21)23)26-18-7-5-6-8-20(18)28(3)4/h11-15,18,20,26-27H,2,5-10H2,1,3-4H3/b22-11+,24-12?/t18-,20-/m0/s1. The molecule has 0 aromatic heterocycles. The maximum atomic E-state index is 15.1. The number of anilines is 1. The molecule has 31 heavy (non-hydrogen) atoms. The molecule has 0 heterocycles. The van der Waals surface area contributed by atoms with Gasteiger partial charge in [0.05, 0.1) is 0 Å². The van der Waals surface area contributed by atoms with E-state index in [1.54, 1.807) is 7.05 Å². The molecule has 3 rings (SSSR count). The second kappa shape index (κ2) is 9.91. The molecule has 1 aromatic carbocycles. The molecule has 2 N–H and O–H groups in total. The lowest BCUT2D eigenvalue weighted by molar-refractivity contribution is 0.211. The summed E-state index contributed by atoms with van der Waals surface area (Å²) in [7, 11) is 1.52. The van der Waals surface area contributed by atoms with Gasteiger partial charge in [0.1, 0.15) is 16.5 Å². The number of sulfonamides is 1. The van der Waals surface area contributed by atoms with Crippen molar-refractivity contribution < 1.29 is 12.8 Å². The molecule has 0 bridgehead atoms. The summed E-state index contributed by atoms with van der Waals surface area (Å²) in [5, 5.41) is 3.55. The molecule has 2 aliphatic rings. The molecule has 0 unspecified atom stereocenters. The van der Waals surface area contributed by atoms with Crippen LogP contribution in [0.25, 0.3) is 0 Å². The van der Waals surface area contributed by atoms with Gasteiger partial charge in [-0.05, 0) is 76.2 Å². The average Bonchev–Trinajstić information content (AvgIpc) is 3.56. The van der Waals surface area contributed by atoms with Crippen molar-refractivity contribution in [3.63, 3.8) is 0 Å². The summed E-state index contributed by atoms with van der Waals surface area (Å²) in [6.07, 6.45) is 9.11. The summed E-state index contributed by atoms with van der Waals surface area (Å²) in [5.74, 6) is -0.557. The van der Waals surface area contributed by atoms with Gasteiger partial charge in [0, 0.05) is 31.0 Å². The van der Waals surface area contributed by atoms with Gasteiger partial charge in [-0.25, -0.2) is 17.8 Å². The monoisotopic (exact) mass is 449 g/mol. The second-order valence-corrected chi connectivity index (χ2v) is 10.1. The summed E-state index contributed by atoms with van der Waals surface area (Å²) in [6.45, 7) is 3.36. The van der Waals surface area contributed by atoms with Crippen molar-refractivity contribution in [1.29, 1.82) is 0 Å². The van der Waals surface area contributed by atoms with Crippen molar-refractivity contribution in [2.75, 3.05) is 26.5 Å². The molecule has 7 nitrogen and oxygen atoms in total. The molecule has 9 heteroatoms. The lowest BCUT2D eigenvalue weighted by Crippen LogP contribution is -2.45. The predicted molar refractivity (Wildman–Crippen MR) is 124 cm³/mol. The highest BCUT2D eigenvalue weighted by molar-refractivity contribution is 7.89. The van der Waals surface area contributed by atoms with Crippen LogP contribution in [0.5, 0.6) is 0 Å². The number of nitrogens with zero attached hydrogens (tertiary/aromatic N) is 3. The van der Waals surface area contributed by atoms with Crippen LogP contribution in [0, 0.1) is 5.82 Å².